The Hall–Kier alpha value is -1.90. The number of H-pyrrole nitrogens is 1. The van der Waals surface area contributed by atoms with E-state index in [0.29, 0.717) is 17.2 Å². The second-order valence-electron chi connectivity index (χ2n) is 3.52. The van der Waals surface area contributed by atoms with Gasteiger partial charge in [0.15, 0.2) is 5.82 Å². The quantitative estimate of drug-likeness (QED) is 0.691. The Morgan fingerprint density at radius 3 is 3.00 bits per heavy atom. The van der Waals surface area contributed by atoms with Gasteiger partial charge in [0.2, 0.25) is 5.82 Å². The minimum atomic E-state index is 0.102. The average molecular weight is 354 g/mol. The number of aromatic hydroxyl groups is 1. The fourth-order valence-electron chi connectivity index (χ4n) is 1.50. The van der Waals surface area contributed by atoms with E-state index in [-0.39, 0.29) is 11.6 Å². The molecule has 0 radical (unpaired) electrons. The highest BCUT2D eigenvalue weighted by Crippen LogP contribution is 2.30. The number of rotatable bonds is 2. The van der Waals surface area contributed by atoms with E-state index in [1.54, 1.807) is 30.6 Å². The van der Waals surface area contributed by atoms with Gasteiger partial charge >= 0.3 is 0 Å². The van der Waals surface area contributed by atoms with Gasteiger partial charge in [0.1, 0.15) is 5.75 Å². The molecule has 0 amide bonds. The number of benzene rings is 1. The average Bonchev–Trinajstić information content (AvgIpc) is 3.00. The molecular formula is C11H7IN4O2. The van der Waals surface area contributed by atoms with Crippen LogP contribution in [0.25, 0.3) is 23.1 Å². The second kappa shape index (κ2) is 4.41. The number of imidazole rings is 1. The molecule has 1 aromatic carbocycles. The van der Waals surface area contributed by atoms with E-state index in [9.17, 15) is 5.11 Å². The lowest BCUT2D eigenvalue weighted by Gasteiger charge is -1.98. The third kappa shape index (κ3) is 1.96. The SMILES string of the molecule is Oc1ccc(I)cc1-c1nc(-c2ncc[nH]2)no1. The molecule has 3 rings (SSSR count). The van der Waals surface area contributed by atoms with Crippen molar-refractivity contribution in [1.29, 1.82) is 0 Å². The zero-order chi connectivity index (χ0) is 12.5. The Bertz CT molecular complexity index is 678. The number of hydrogen-bond donors (Lipinski definition) is 2. The van der Waals surface area contributed by atoms with Crippen molar-refractivity contribution in [2.45, 2.75) is 0 Å². The Balaban J connectivity index is 2.05. The number of phenolic OH excluding ortho intramolecular Hbond substituents is 1. The van der Waals surface area contributed by atoms with Crippen LogP contribution in [-0.4, -0.2) is 25.2 Å². The number of nitrogens with one attached hydrogen (secondary N) is 1. The first-order valence-corrected chi connectivity index (χ1v) is 6.14. The molecule has 0 saturated carbocycles. The molecule has 2 aromatic heterocycles. The summed E-state index contributed by atoms with van der Waals surface area (Å²) >= 11 is 2.15. The van der Waals surface area contributed by atoms with Crippen LogP contribution < -0.4 is 0 Å². The fraction of sp³-hybridized carbons (Fsp3) is 0. The molecule has 3 aromatic rings. The molecule has 6 nitrogen and oxygen atoms in total. The van der Waals surface area contributed by atoms with Gasteiger partial charge in [0, 0.05) is 16.0 Å². The summed E-state index contributed by atoms with van der Waals surface area (Å²) in [6.07, 6.45) is 3.28. The third-order valence-corrected chi connectivity index (χ3v) is 3.00. The lowest BCUT2D eigenvalue weighted by Crippen LogP contribution is -1.84. The van der Waals surface area contributed by atoms with Crippen LogP contribution >= 0.6 is 22.6 Å². The van der Waals surface area contributed by atoms with Crippen molar-refractivity contribution in [3.63, 3.8) is 0 Å². The molecule has 0 spiro atoms. The highest BCUT2D eigenvalue weighted by Gasteiger charge is 2.15. The Kier molecular flexibility index (Phi) is 2.74. The fourth-order valence-corrected chi connectivity index (χ4v) is 1.99. The largest absolute Gasteiger partial charge is 0.507 e. The molecule has 2 heterocycles. The summed E-state index contributed by atoms with van der Waals surface area (Å²) in [5.41, 5.74) is 0.507. The van der Waals surface area contributed by atoms with E-state index in [2.05, 4.69) is 42.7 Å². The van der Waals surface area contributed by atoms with Gasteiger partial charge < -0.3 is 14.6 Å². The van der Waals surface area contributed by atoms with Crippen LogP contribution in [0.1, 0.15) is 0 Å². The van der Waals surface area contributed by atoms with Gasteiger partial charge in [-0.1, -0.05) is 5.16 Å². The summed E-state index contributed by atoms with van der Waals surface area (Å²) in [6.45, 7) is 0. The Labute approximate surface area is 115 Å². The first kappa shape index (κ1) is 11.2. The summed E-state index contributed by atoms with van der Waals surface area (Å²) < 4.78 is 6.10. The summed E-state index contributed by atoms with van der Waals surface area (Å²) in [5, 5.41) is 13.6. The predicted molar refractivity (Wildman–Crippen MR) is 71.7 cm³/mol. The predicted octanol–water partition coefficient (Wildman–Crippen LogP) is 2.44. The van der Waals surface area contributed by atoms with Crippen molar-refractivity contribution < 1.29 is 9.63 Å². The lowest BCUT2D eigenvalue weighted by molar-refractivity contribution is 0.425. The van der Waals surface area contributed by atoms with Gasteiger partial charge in [-0.3, -0.25) is 0 Å². The maximum absolute atomic E-state index is 9.77. The summed E-state index contributed by atoms with van der Waals surface area (Å²) in [6, 6.07) is 5.16. The maximum atomic E-state index is 9.77. The van der Waals surface area contributed by atoms with Gasteiger partial charge in [-0.25, -0.2) is 4.98 Å². The molecule has 0 atom stereocenters. The molecule has 2 N–H and O–H groups in total. The molecule has 90 valence electrons. The zero-order valence-corrected chi connectivity index (χ0v) is 11.1. The minimum Gasteiger partial charge on any atom is -0.507 e. The molecular weight excluding hydrogens is 347 g/mol. The number of nitrogens with zero attached hydrogens (tertiary/aromatic N) is 3. The summed E-state index contributed by atoms with van der Waals surface area (Å²) in [7, 11) is 0. The van der Waals surface area contributed by atoms with Gasteiger partial charge in [-0.15, -0.1) is 0 Å². The van der Waals surface area contributed by atoms with Crippen molar-refractivity contribution in [1.82, 2.24) is 20.1 Å². The van der Waals surface area contributed by atoms with Crippen molar-refractivity contribution in [3.8, 4) is 28.9 Å². The van der Waals surface area contributed by atoms with Crippen LogP contribution in [0.15, 0.2) is 35.1 Å². The van der Waals surface area contributed by atoms with E-state index in [0.717, 1.165) is 3.57 Å². The normalized spacial score (nSPS) is 10.7. The number of aromatic nitrogens is 4. The highest BCUT2D eigenvalue weighted by molar-refractivity contribution is 14.1. The van der Waals surface area contributed by atoms with Crippen LogP contribution in [0.3, 0.4) is 0 Å². The van der Waals surface area contributed by atoms with Crippen molar-refractivity contribution >= 4 is 22.6 Å². The third-order valence-electron chi connectivity index (χ3n) is 2.33. The second-order valence-corrected chi connectivity index (χ2v) is 4.77. The van der Waals surface area contributed by atoms with Crippen LogP contribution in [0.5, 0.6) is 5.75 Å². The van der Waals surface area contributed by atoms with Gasteiger partial charge in [-0.05, 0) is 40.8 Å². The lowest BCUT2D eigenvalue weighted by atomic mass is 10.2. The smallest absolute Gasteiger partial charge is 0.262 e. The van der Waals surface area contributed by atoms with E-state index in [1.165, 1.54) is 0 Å². The topological polar surface area (TPSA) is 87.8 Å². The van der Waals surface area contributed by atoms with Crippen molar-refractivity contribution in [2.24, 2.45) is 0 Å². The van der Waals surface area contributed by atoms with Crippen LogP contribution in [0.2, 0.25) is 0 Å². The Morgan fingerprint density at radius 2 is 2.22 bits per heavy atom. The van der Waals surface area contributed by atoms with Crippen molar-refractivity contribution in [2.75, 3.05) is 0 Å². The molecule has 0 unspecified atom stereocenters. The van der Waals surface area contributed by atoms with Crippen LogP contribution in [0.4, 0.5) is 0 Å². The number of aromatic amines is 1. The monoisotopic (exact) mass is 354 g/mol. The molecule has 0 bridgehead atoms. The highest BCUT2D eigenvalue weighted by atomic mass is 127. The van der Waals surface area contributed by atoms with E-state index in [1.807, 2.05) is 0 Å². The zero-order valence-electron chi connectivity index (χ0n) is 8.96. The van der Waals surface area contributed by atoms with E-state index in [4.69, 9.17) is 4.52 Å². The first-order chi connectivity index (χ1) is 8.74. The first-order valence-electron chi connectivity index (χ1n) is 5.06. The Morgan fingerprint density at radius 1 is 1.33 bits per heavy atom. The number of hydrogen-bond acceptors (Lipinski definition) is 5. The standard InChI is InChI=1S/C11H7IN4O2/c12-6-1-2-8(17)7(5-6)11-15-10(16-18-11)9-13-3-4-14-9/h1-5,17H,(H,13,14). The number of halogens is 1. The molecule has 0 aliphatic rings. The summed E-state index contributed by atoms with van der Waals surface area (Å²) in [4.78, 5) is 11.1. The van der Waals surface area contributed by atoms with Gasteiger partial charge in [0.05, 0.1) is 5.56 Å². The summed E-state index contributed by atoms with van der Waals surface area (Å²) in [5.74, 6) is 1.24. The molecule has 7 heteroatoms. The van der Waals surface area contributed by atoms with Crippen LogP contribution in [-0.2, 0) is 0 Å². The van der Waals surface area contributed by atoms with E-state index >= 15 is 0 Å². The van der Waals surface area contributed by atoms with Gasteiger partial charge in [0.25, 0.3) is 5.89 Å². The minimum absolute atomic E-state index is 0.102. The van der Waals surface area contributed by atoms with E-state index < -0.39 is 0 Å². The molecule has 0 saturated heterocycles. The van der Waals surface area contributed by atoms with Gasteiger partial charge in [-0.2, -0.15) is 4.98 Å². The van der Waals surface area contributed by atoms with Crippen LogP contribution in [0, 0.1) is 3.57 Å². The molecule has 0 aliphatic heterocycles. The molecule has 0 aliphatic carbocycles. The van der Waals surface area contributed by atoms with Crippen molar-refractivity contribution in [3.05, 3.63) is 34.2 Å². The molecule has 0 fully saturated rings. The maximum Gasteiger partial charge on any atom is 0.262 e. The molecule has 18 heavy (non-hydrogen) atoms. The number of phenols is 1.